The van der Waals surface area contributed by atoms with Crippen LogP contribution in [0.3, 0.4) is 0 Å². The molecule has 5 nitrogen and oxygen atoms in total. The molecule has 2 aromatic carbocycles. The van der Waals surface area contributed by atoms with E-state index < -0.39 is 11.9 Å². The van der Waals surface area contributed by atoms with Crippen LogP contribution in [0.4, 0.5) is 0 Å². The SMILES string of the molecule is COC(=O)c1cc(OC)c(-c2ccccc2)cc1C(=O)OC. The largest absolute Gasteiger partial charge is 0.496 e. The molecule has 5 heteroatoms. The maximum Gasteiger partial charge on any atom is 0.338 e. The number of carbonyl (C=O) groups is 2. The Hall–Kier alpha value is -2.82. The first-order valence-corrected chi connectivity index (χ1v) is 6.56. The van der Waals surface area contributed by atoms with E-state index in [4.69, 9.17) is 14.2 Å². The minimum absolute atomic E-state index is 0.103. The number of hydrogen-bond donors (Lipinski definition) is 0. The van der Waals surface area contributed by atoms with Crippen molar-refractivity contribution in [3.05, 3.63) is 53.6 Å². The van der Waals surface area contributed by atoms with Crippen molar-refractivity contribution in [3.8, 4) is 16.9 Å². The first kappa shape index (κ1) is 15.6. The lowest BCUT2D eigenvalue weighted by atomic mass is 9.97. The molecule has 0 atom stereocenters. The second kappa shape index (κ2) is 6.76. The summed E-state index contributed by atoms with van der Waals surface area (Å²) < 4.78 is 14.8. The lowest BCUT2D eigenvalue weighted by Gasteiger charge is -2.13. The lowest BCUT2D eigenvalue weighted by molar-refractivity contribution is 0.0555. The van der Waals surface area contributed by atoms with E-state index in [0.717, 1.165) is 5.56 Å². The molecule has 0 fully saturated rings. The van der Waals surface area contributed by atoms with Gasteiger partial charge >= 0.3 is 11.9 Å². The van der Waals surface area contributed by atoms with Crippen molar-refractivity contribution in [2.45, 2.75) is 0 Å². The van der Waals surface area contributed by atoms with Gasteiger partial charge in [-0.3, -0.25) is 0 Å². The van der Waals surface area contributed by atoms with Gasteiger partial charge in [-0.05, 0) is 17.7 Å². The van der Waals surface area contributed by atoms with Crippen molar-refractivity contribution >= 4 is 11.9 Å². The van der Waals surface area contributed by atoms with Gasteiger partial charge < -0.3 is 14.2 Å². The van der Waals surface area contributed by atoms with Crippen molar-refractivity contribution in [2.24, 2.45) is 0 Å². The lowest BCUT2D eigenvalue weighted by Crippen LogP contribution is -2.12. The van der Waals surface area contributed by atoms with Crippen molar-refractivity contribution in [3.63, 3.8) is 0 Å². The zero-order valence-electron chi connectivity index (χ0n) is 12.6. The Morgan fingerprint density at radius 1 is 0.818 bits per heavy atom. The van der Waals surface area contributed by atoms with Crippen LogP contribution in [0.1, 0.15) is 20.7 Å². The number of methoxy groups -OCH3 is 3. The van der Waals surface area contributed by atoms with E-state index in [2.05, 4.69) is 0 Å². The third-order valence-electron chi connectivity index (χ3n) is 3.24. The maximum absolute atomic E-state index is 12.0. The number of carbonyl (C=O) groups excluding carboxylic acids is 2. The number of rotatable bonds is 4. The smallest absolute Gasteiger partial charge is 0.338 e. The Morgan fingerprint density at radius 3 is 1.86 bits per heavy atom. The summed E-state index contributed by atoms with van der Waals surface area (Å²) in [5, 5.41) is 0. The molecule has 2 rings (SSSR count). The summed E-state index contributed by atoms with van der Waals surface area (Å²) in [5.74, 6) is -0.766. The number of benzene rings is 2. The topological polar surface area (TPSA) is 61.8 Å². The van der Waals surface area contributed by atoms with Crippen LogP contribution in [0.25, 0.3) is 11.1 Å². The highest BCUT2D eigenvalue weighted by molar-refractivity contribution is 6.05. The second-order valence-corrected chi connectivity index (χ2v) is 4.45. The molecule has 0 aliphatic rings. The van der Waals surface area contributed by atoms with Crippen LogP contribution in [0, 0.1) is 0 Å². The summed E-state index contributed by atoms with van der Waals surface area (Å²) in [6.07, 6.45) is 0. The molecule has 22 heavy (non-hydrogen) atoms. The zero-order valence-corrected chi connectivity index (χ0v) is 12.6. The van der Waals surface area contributed by atoms with Crippen LogP contribution in [0.2, 0.25) is 0 Å². The van der Waals surface area contributed by atoms with Crippen LogP contribution < -0.4 is 4.74 Å². The second-order valence-electron chi connectivity index (χ2n) is 4.45. The molecular formula is C17H16O5. The van der Waals surface area contributed by atoms with Crippen LogP contribution >= 0.6 is 0 Å². The fourth-order valence-corrected chi connectivity index (χ4v) is 2.15. The Balaban J connectivity index is 2.70. The van der Waals surface area contributed by atoms with Gasteiger partial charge in [0.25, 0.3) is 0 Å². The van der Waals surface area contributed by atoms with Crippen molar-refractivity contribution in [1.29, 1.82) is 0 Å². The number of esters is 2. The molecule has 0 aliphatic heterocycles. The van der Waals surface area contributed by atoms with Crippen LogP contribution in [-0.4, -0.2) is 33.3 Å². The molecule has 0 unspecified atom stereocenters. The molecule has 0 saturated carbocycles. The van der Waals surface area contributed by atoms with Gasteiger partial charge in [0.1, 0.15) is 5.75 Å². The summed E-state index contributed by atoms with van der Waals surface area (Å²) in [5.41, 5.74) is 1.79. The van der Waals surface area contributed by atoms with Gasteiger partial charge in [-0.1, -0.05) is 30.3 Å². The Morgan fingerprint density at radius 2 is 1.36 bits per heavy atom. The first-order valence-electron chi connectivity index (χ1n) is 6.56. The van der Waals surface area contributed by atoms with Crippen LogP contribution in [0.15, 0.2) is 42.5 Å². The van der Waals surface area contributed by atoms with Gasteiger partial charge in [0.2, 0.25) is 0 Å². The predicted molar refractivity (Wildman–Crippen MR) is 81.1 cm³/mol. The molecule has 0 radical (unpaired) electrons. The summed E-state index contributed by atoms with van der Waals surface area (Å²) in [4.78, 5) is 23.9. The number of hydrogen-bond acceptors (Lipinski definition) is 5. The standard InChI is InChI=1S/C17H16O5/c1-20-15-10-14(17(19)22-3)13(16(18)21-2)9-12(15)11-7-5-4-6-8-11/h4-10H,1-3H3. The molecule has 0 heterocycles. The highest BCUT2D eigenvalue weighted by Crippen LogP contribution is 2.33. The summed E-state index contributed by atoms with van der Waals surface area (Å²) in [6, 6.07) is 12.5. The molecule has 0 aliphatic carbocycles. The van der Waals surface area contributed by atoms with Gasteiger partial charge in [-0.15, -0.1) is 0 Å². The quantitative estimate of drug-likeness (QED) is 0.812. The van der Waals surface area contributed by atoms with E-state index in [-0.39, 0.29) is 11.1 Å². The van der Waals surface area contributed by atoms with Gasteiger partial charge in [0.15, 0.2) is 0 Å². The highest BCUT2D eigenvalue weighted by atomic mass is 16.5. The molecule has 0 amide bonds. The van der Waals surface area contributed by atoms with E-state index >= 15 is 0 Å². The zero-order chi connectivity index (χ0) is 16.1. The van der Waals surface area contributed by atoms with E-state index in [1.54, 1.807) is 6.07 Å². The fourth-order valence-electron chi connectivity index (χ4n) is 2.15. The van der Waals surface area contributed by atoms with E-state index in [9.17, 15) is 9.59 Å². The third kappa shape index (κ3) is 2.93. The van der Waals surface area contributed by atoms with Gasteiger partial charge in [0.05, 0.1) is 32.5 Å². The van der Waals surface area contributed by atoms with Crippen LogP contribution in [-0.2, 0) is 9.47 Å². The van der Waals surface area contributed by atoms with Crippen molar-refractivity contribution < 1.29 is 23.8 Å². The average Bonchev–Trinajstić information content (AvgIpc) is 2.59. The van der Waals surface area contributed by atoms with Gasteiger partial charge in [-0.2, -0.15) is 0 Å². The van der Waals surface area contributed by atoms with E-state index in [1.165, 1.54) is 27.4 Å². The summed E-state index contributed by atoms with van der Waals surface area (Å²) in [7, 11) is 4.01. The molecule has 0 bridgehead atoms. The van der Waals surface area contributed by atoms with E-state index in [0.29, 0.717) is 11.3 Å². The minimum Gasteiger partial charge on any atom is -0.496 e. The normalized spacial score (nSPS) is 9.95. The Kier molecular flexibility index (Phi) is 4.78. The highest BCUT2D eigenvalue weighted by Gasteiger charge is 2.22. The molecule has 0 aromatic heterocycles. The molecule has 2 aromatic rings. The third-order valence-corrected chi connectivity index (χ3v) is 3.24. The monoisotopic (exact) mass is 300 g/mol. The van der Waals surface area contributed by atoms with E-state index in [1.807, 2.05) is 30.3 Å². The van der Waals surface area contributed by atoms with Gasteiger partial charge in [-0.25, -0.2) is 9.59 Å². The minimum atomic E-state index is -0.627. The average molecular weight is 300 g/mol. The molecule has 0 spiro atoms. The van der Waals surface area contributed by atoms with Gasteiger partial charge in [0, 0.05) is 5.56 Å². The molecule has 0 N–H and O–H groups in total. The summed E-state index contributed by atoms with van der Waals surface area (Å²) >= 11 is 0. The molecule has 114 valence electrons. The molecular weight excluding hydrogens is 284 g/mol. The first-order chi connectivity index (χ1) is 10.6. The number of ether oxygens (including phenoxy) is 3. The Bertz CT molecular complexity index is 692. The summed E-state index contributed by atoms with van der Waals surface area (Å²) in [6.45, 7) is 0. The predicted octanol–water partition coefficient (Wildman–Crippen LogP) is 2.94. The maximum atomic E-state index is 12.0. The van der Waals surface area contributed by atoms with Crippen molar-refractivity contribution in [2.75, 3.05) is 21.3 Å². The fraction of sp³-hybridized carbons (Fsp3) is 0.176. The Labute approximate surface area is 128 Å². The molecule has 0 saturated heterocycles. The van der Waals surface area contributed by atoms with Crippen molar-refractivity contribution in [1.82, 2.24) is 0 Å². The van der Waals surface area contributed by atoms with Crippen LogP contribution in [0.5, 0.6) is 5.75 Å².